The van der Waals surface area contributed by atoms with Crippen molar-refractivity contribution >= 4 is 39.6 Å². The third-order valence-electron chi connectivity index (χ3n) is 7.38. The van der Waals surface area contributed by atoms with E-state index in [1.54, 1.807) is 14.7 Å². The van der Waals surface area contributed by atoms with Gasteiger partial charge in [-0.2, -0.15) is 4.31 Å². The molecule has 0 saturated carbocycles. The number of carbonyl (C=O) groups is 3. The van der Waals surface area contributed by atoms with Crippen LogP contribution in [0.25, 0.3) is 0 Å². The molecule has 0 unspecified atom stereocenters. The maximum Gasteiger partial charge on any atom is 0.335 e. The Morgan fingerprint density at radius 1 is 0.974 bits per heavy atom. The van der Waals surface area contributed by atoms with Crippen LogP contribution in [0.15, 0.2) is 24.3 Å². The average Bonchev–Trinajstić information content (AvgIpc) is 3.34. The summed E-state index contributed by atoms with van der Waals surface area (Å²) in [7, 11) is -3.28. The summed E-state index contributed by atoms with van der Waals surface area (Å²) in [5.41, 5.74) is 6.09. The van der Waals surface area contributed by atoms with Crippen molar-refractivity contribution in [2.45, 2.75) is 18.5 Å². The van der Waals surface area contributed by atoms with Crippen LogP contribution < -0.4 is 11.1 Å². The van der Waals surface area contributed by atoms with Gasteiger partial charge in [0.2, 0.25) is 15.9 Å². The molecule has 3 fully saturated rings. The lowest BCUT2D eigenvalue weighted by molar-refractivity contribution is -0.119. The molecule has 0 bridgehead atoms. The van der Waals surface area contributed by atoms with E-state index >= 15 is 0 Å². The number of nitrogens with two attached hydrogens (primary N) is 1. The second-order valence-corrected chi connectivity index (χ2v) is 11.8. The molecular formula is C23H34N8O6S. The summed E-state index contributed by atoms with van der Waals surface area (Å²) in [4.78, 5) is 45.1. The number of likely N-dealkylation sites (tertiary alicyclic amines) is 1. The standard InChI is InChI=1S/C23H34N8O6S/c1-38(36,37)30-12-10-27(11-13-30)18-14-19(20(32)26-17-4-2-16(3-5-17)21(33)34)31(15-18)23(35)29-8-6-28(7-9-29)22(24)25/h2-5,18-19H,6-15H2,1H3,(H3,24,25)(H,26,32)(H,33,34)/t18-,19-/m0/s1. The van der Waals surface area contributed by atoms with Gasteiger partial charge in [-0.3, -0.25) is 15.1 Å². The number of aromatic carboxylic acids is 1. The predicted octanol–water partition coefficient (Wildman–Crippen LogP) is -1.03. The number of guanidine groups is 1. The zero-order valence-corrected chi connectivity index (χ0v) is 22.1. The van der Waals surface area contributed by atoms with Gasteiger partial charge < -0.3 is 30.9 Å². The van der Waals surface area contributed by atoms with Crippen LogP contribution in [0, 0.1) is 5.41 Å². The zero-order chi connectivity index (χ0) is 27.6. The Balaban J connectivity index is 1.48. The highest BCUT2D eigenvalue weighted by Gasteiger charge is 2.44. The SMILES string of the molecule is CS(=O)(=O)N1CCN([C@H]2C[C@@H](C(=O)Nc3ccc(C(=O)O)cc3)N(C(=O)N3CCN(C(=N)N)CC3)C2)CC1. The van der Waals surface area contributed by atoms with E-state index in [2.05, 4.69) is 10.2 Å². The van der Waals surface area contributed by atoms with Crippen LogP contribution in [-0.4, -0.2) is 139 Å². The molecule has 0 aliphatic carbocycles. The monoisotopic (exact) mass is 550 g/mol. The molecule has 3 aliphatic rings. The van der Waals surface area contributed by atoms with Crippen LogP contribution in [-0.2, 0) is 14.8 Å². The van der Waals surface area contributed by atoms with Crippen LogP contribution in [0.1, 0.15) is 16.8 Å². The fourth-order valence-corrected chi connectivity index (χ4v) is 6.01. The molecule has 3 heterocycles. The summed E-state index contributed by atoms with van der Waals surface area (Å²) in [5.74, 6) is -1.49. The highest BCUT2D eigenvalue weighted by molar-refractivity contribution is 7.88. The van der Waals surface area contributed by atoms with Crippen molar-refractivity contribution < 1.29 is 27.9 Å². The fraction of sp³-hybridized carbons (Fsp3) is 0.565. The first-order chi connectivity index (χ1) is 17.9. The molecule has 3 aliphatic heterocycles. The molecule has 2 atom stereocenters. The van der Waals surface area contributed by atoms with E-state index in [9.17, 15) is 22.8 Å². The number of urea groups is 1. The van der Waals surface area contributed by atoms with Gasteiger partial charge in [-0.25, -0.2) is 18.0 Å². The van der Waals surface area contributed by atoms with Crippen LogP contribution in [0.4, 0.5) is 10.5 Å². The number of carbonyl (C=O) groups excluding carboxylic acids is 2. The molecule has 0 aromatic heterocycles. The topological polar surface area (TPSA) is 184 Å². The first-order valence-electron chi connectivity index (χ1n) is 12.4. The van der Waals surface area contributed by atoms with E-state index in [4.69, 9.17) is 16.2 Å². The molecule has 3 saturated heterocycles. The van der Waals surface area contributed by atoms with E-state index in [1.165, 1.54) is 34.8 Å². The Morgan fingerprint density at radius 3 is 2.08 bits per heavy atom. The minimum Gasteiger partial charge on any atom is -0.478 e. The Hall–Kier alpha value is -3.43. The third-order valence-corrected chi connectivity index (χ3v) is 8.68. The lowest BCUT2D eigenvalue weighted by atomic mass is 10.1. The first-order valence-corrected chi connectivity index (χ1v) is 14.3. The van der Waals surface area contributed by atoms with E-state index in [-0.39, 0.29) is 29.5 Å². The van der Waals surface area contributed by atoms with E-state index in [0.29, 0.717) is 71.0 Å². The number of nitrogens with zero attached hydrogens (tertiary/aromatic N) is 5. The van der Waals surface area contributed by atoms with Gasteiger partial charge in [0.05, 0.1) is 11.8 Å². The lowest BCUT2D eigenvalue weighted by Crippen LogP contribution is -2.57. The molecule has 14 nitrogen and oxygen atoms in total. The van der Waals surface area contributed by atoms with Crippen LogP contribution >= 0.6 is 0 Å². The Labute approximate surface area is 221 Å². The van der Waals surface area contributed by atoms with Gasteiger partial charge in [0, 0.05) is 70.6 Å². The summed E-state index contributed by atoms with van der Waals surface area (Å²) >= 11 is 0. The molecule has 38 heavy (non-hydrogen) atoms. The van der Waals surface area contributed by atoms with Gasteiger partial charge in [0.1, 0.15) is 6.04 Å². The fourth-order valence-electron chi connectivity index (χ4n) is 5.18. The number of amides is 3. The molecule has 4 rings (SSSR count). The number of nitrogens with one attached hydrogen (secondary N) is 2. The van der Waals surface area contributed by atoms with Crippen LogP contribution in [0.3, 0.4) is 0 Å². The van der Waals surface area contributed by atoms with Crippen LogP contribution in [0.2, 0.25) is 0 Å². The molecule has 0 spiro atoms. The number of sulfonamides is 1. The average molecular weight is 551 g/mol. The van der Waals surface area contributed by atoms with Crippen molar-refractivity contribution in [2.75, 3.05) is 70.5 Å². The molecule has 3 amide bonds. The summed E-state index contributed by atoms with van der Waals surface area (Å²) < 4.78 is 25.2. The number of carboxylic acid groups (broad SMARTS) is 1. The minimum absolute atomic E-state index is 0.0438. The summed E-state index contributed by atoms with van der Waals surface area (Å²) in [6.45, 7) is 3.63. The van der Waals surface area contributed by atoms with E-state index < -0.39 is 22.0 Å². The molecule has 1 aromatic rings. The zero-order valence-electron chi connectivity index (χ0n) is 21.2. The number of anilines is 1. The first kappa shape index (κ1) is 27.6. The maximum absolute atomic E-state index is 13.6. The van der Waals surface area contributed by atoms with E-state index in [0.717, 1.165) is 0 Å². The molecule has 0 radical (unpaired) electrons. The van der Waals surface area contributed by atoms with Gasteiger partial charge in [-0.1, -0.05) is 0 Å². The van der Waals surface area contributed by atoms with Crippen LogP contribution in [0.5, 0.6) is 0 Å². The minimum atomic E-state index is -3.28. The lowest BCUT2D eigenvalue weighted by Gasteiger charge is -2.38. The second kappa shape index (κ2) is 11.1. The van der Waals surface area contributed by atoms with Crippen molar-refractivity contribution in [2.24, 2.45) is 5.73 Å². The van der Waals surface area contributed by atoms with Crippen molar-refractivity contribution in [1.29, 1.82) is 5.41 Å². The highest BCUT2D eigenvalue weighted by atomic mass is 32.2. The Bertz CT molecular complexity index is 1180. The number of carboxylic acids is 1. The predicted molar refractivity (Wildman–Crippen MR) is 139 cm³/mol. The summed E-state index contributed by atoms with van der Waals surface area (Å²) in [6, 6.07) is 4.65. The van der Waals surface area contributed by atoms with Crippen molar-refractivity contribution in [3.8, 4) is 0 Å². The molecule has 1 aromatic carbocycles. The quantitative estimate of drug-likeness (QED) is 0.263. The number of rotatable bonds is 5. The highest BCUT2D eigenvalue weighted by Crippen LogP contribution is 2.27. The van der Waals surface area contributed by atoms with Gasteiger partial charge in [0.15, 0.2) is 5.96 Å². The van der Waals surface area contributed by atoms with E-state index in [1.807, 2.05) is 0 Å². The second-order valence-electron chi connectivity index (χ2n) is 9.77. The van der Waals surface area contributed by atoms with Gasteiger partial charge in [-0.05, 0) is 30.7 Å². The largest absolute Gasteiger partial charge is 0.478 e. The molecular weight excluding hydrogens is 516 g/mol. The van der Waals surface area contributed by atoms with Crippen molar-refractivity contribution in [3.63, 3.8) is 0 Å². The Morgan fingerprint density at radius 2 is 1.55 bits per heavy atom. The van der Waals surface area contributed by atoms with Crippen molar-refractivity contribution in [1.82, 2.24) is 23.9 Å². The number of benzene rings is 1. The molecule has 15 heteroatoms. The number of hydrogen-bond acceptors (Lipinski definition) is 7. The normalized spacial score (nSPS) is 23.3. The summed E-state index contributed by atoms with van der Waals surface area (Å²) in [5, 5.41) is 19.5. The van der Waals surface area contributed by atoms with Gasteiger partial charge in [0.25, 0.3) is 0 Å². The third kappa shape index (κ3) is 6.16. The maximum atomic E-state index is 13.6. The van der Waals surface area contributed by atoms with Crippen molar-refractivity contribution in [3.05, 3.63) is 29.8 Å². The smallest absolute Gasteiger partial charge is 0.335 e. The summed E-state index contributed by atoms with van der Waals surface area (Å²) in [6.07, 6.45) is 1.57. The molecule has 208 valence electrons. The molecule has 5 N–H and O–H groups in total. The Kier molecular flexibility index (Phi) is 8.08. The van der Waals surface area contributed by atoms with Gasteiger partial charge >= 0.3 is 12.0 Å². The van der Waals surface area contributed by atoms with Gasteiger partial charge in [-0.15, -0.1) is 0 Å². The number of piperazine rings is 2. The number of hydrogen-bond donors (Lipinski definition) is 4.